The van der Waals surface area contributed by atoms with Gasteiger partial charge in [-0.15, -0.1) is 0 Å². The van der Waals surface area contributed by atoms with Gasteiger partial charge in [0.25, 0.3) is 0 Å². The van der Waals surface area contributed by atoms with Gasteiger partial charge < -0.3 is 0 Å². The van der Waals surface area contributed by atoms with E-state index in [1.54, 1.807) is 24.3 Å². The Kier molecular flexibility index (Phi) is 4.95. The predicted octanol–water partition coefficient (Wildman–Crippen LogP) is 4.14. The predicted molar refractivity (Wildman–Crippen MR) is 84.8 cm³/mol. The molecule has 0 saturated heterocycles. The Hall–Kier alpha value is -0.287. The first-order valence-corrected chi connectivity index (χ1v) is 15.8. The van der Waals surface area contributed by atoms with Gasteiger partial charge >= 0.3 is 121 Å². The number of benzene rings is 1. The van der Waals surface area contributed by atoms with E-state index in [0.29, 0.717) is 4.90 Å². The number of hydrogen-bond acceptors (Lipinski definition) is 2. The summed E-state index contributed by atoms with van der Waals surface area (Å²) >= 11 is -2.34. The fourth-order valence-corrected chi connectivity index (χ4v) is 14.0. The Morgan fingerprint density at radius 2 is 1.53 bits per heavy atom. The first kappa shape index (κ1) is 16.8. The van der Waals surface area contributed by atoms with Gasteiger partial charge in [0.1, 0.15) is 0 Å². The Labute approximate surface area is 120 Å². The maximum absolute atomic E-state index is 12.9. The summed E-state index contributed by atoms with van der Waals surface area (Å²) in [5.74, 6) is 6.57. The molecule has 4 heteroatoms. The molecule has 0 N–H and O–H groups in total. The van der Waals surface area contributed by atoms with Gasteiger partial charge in [0, 0.05) is 0 Å². The molecule has 19 heavy (non-hydrogen) atoms. The van der Waals surface area contributed by atoms with Crippen molar-refractivity contribution < 1.29 is 8.42 Å². The van der Waals surface area contributed by atoms with E-state index in [-0.39, 0.29) is 9.50 Å². The Morgan fingerprint density at radius 3 is 1.89 bits per heavy atom. The van der Waals surface area contributed by atoms with Crippen LogP contribution in [0.25, 0.3) is 0 Å². The summed E-state index contributed by atoms with van der Waals surface area (Å²) in [4.78, 5) is 0.477. The average molecular weight is 343 g/mol. The van der Waals surface area contributed by atoms with Crippen molar-refractivity contribution in [2.75, 3.05) is 0 Å². The van der Waals surface area contributed by atoms with Crippen molar-refractivity contribution in [3.05, 3.63) is 30.3 Å². The summed E-state index contributed by atoms with van der Waals surface area (Å²) in [5.41, 5.74) is 0.0328. The van der Waals surface area contributed by atoms with E-state index in [0.717, 1.165) is 6.42 Å². The fraction of sp³-hybridized carbons (Fsp3) is 0.600. The summed E-state index contributed by atoms with van der Waals surface area (Å²) in [6, 6.07) is 8.90. The monoisotopic (exact) mass is 344 g/mol. The summed E-state index contributed by atoms with van der Waals surface area (Å²) in [6.45, 7) is 6.36. The van der Waals surface area contributed by atoms with Gasteiger partial charge in [0.05, 0.1) is 0 Å². The van der Waals surface area contributed by atoms with E-state index in [1.165, 1.54) is 0 Å². The molecule has 0 aromatic heterocycles. The van der Waals surface area contributed by atoms with Crippen LogP contribution in [0.3, 0.4) is 0 Å². The molecule has 1 aromatic carbocycles. The molecule has 1 rings (SSSR count). The second kappa shape index (κ2) is 5.60. The summed E-state index contributed by atoms with van der Waals surface area (Å²) in [5, 5.41) is 0. The molecule has 0 fully saturated rings. The Morgan fingerprint density at radius 1 is 1.05 bits per heavy atom. The van der Waals surface area contributed by atoms with Crippen LogP contribution >= 0.6 is 0 Å². The third-order valence-electron chi connectivity index (χ3n) is 3.21. The second-order valence-electron chi connectivity index (χ2n) is 7.48. The molecule has 0 aliphatic carbocycles. The van der Waals surface area contributed by atoms with Gasteiger partial charge in [0.15, 0.2) is 0 Å². The van der Waals surface area contributed by atoms with Crippen LogP contribution in [-0.4, -0.2) is 25.8 Å². The molecule has 0 heterocycles. The minimum absolute atomic E-state index is 0.0328. The topological polar surface area (TPSA) is 34.1 Å². The summed E-state index contributed by atoms with van der Waals surface area (Å²) < 4.78 is 25.6. The van der Waals surface area contributed by atoms with Gasteiger partial charge in [-0.1, -0.05) is 0 Å². The van der Waals surface area contributed by atoms with Crippen molar-refractivity contribution >= 4 is 23.1 Å². The molecule has 0 saturated carbocycles. The molecule has 0 aliphatic rings. The van der Waals surface area contributed by atoms with Crippen LogP contribution in [0.4, 0.5) is 0 Å². The van der Waals surface area contributed by atoms with Gasteiger partial charge in [-0.05, 0) is 0 Å². The molecular formula is C15H26GeO2S. The van der Waals surface area contributed by atoms with Crippen molar-refractivity contribution in [1.82, 2.24) is 0 Å². The van der Waals surface area contributed by atoms with Crippen LogP contribution in [-0.2, 0) is 9.84 Å². The van der Waals surface area contributed by atoms with E-state index in [1.807, 2.05) is 6.07 Å². The van der Waals surface area contributed by atoms with Crippen molar-refractivity contribution in [3.63, 3.8) is 0 Å². The van der Waals surface area contributed by atoms with E-state index in [4.69, 9.17) is 0 Å². The Bertz CT molecular complexity index is 507. The molecule has 2 nitrogen and oxygen atoms in total. The third-order valence-corrected chi connectivity index (χ3v) is 15.2. The van der Waals surface area contributed by atoms with Crippen LogP contribution < -0.4 is 0 Å². The molecule has 0 spiro atoms. The van der Waals surface area contributed by atoms with Crippen molar-refractivity contribution in [1.29, 1.82) is 0 Å². The van der Waals surface area contributed by atoms with Crippen LogP contribution in [0, 0.1) is 5.41 Å². The van der Waals surface area contributed by atoms with Gasteiger partial charge in [0.2, 0.25) is 0 Å². The van der Waals surface area contributed by atoms with Gasteiger partial charge in [-0.3, -0.25) is 0 Å². The van der Waals surface area contributed by atoms with E-state index in [9.17, 15) is 8.42 Å². The number of sulfone groups is 1. The van der Waals surface area contributed by atoms with E-state index >= 15 is 0 Å². The van der Waals surface area contributed by atoms with Gasteiger partial charge in [-0.25, -0.2) is 0 Å². The molecule has 0 radical (unpaired) electrons. The first-order chi connectivity index (χ1) is 8.44. The molecule has 1 aromatic rings. The third kappa shape index (κ3) is 4.64. The van der Waals surface area contributed by atoms with Crippen molar-refractivity contribution in [2.45, 2.75) is 53.4 Å². The van der Waals surface area contributed by atoms with Gasteiger partial charge in [-0.2, -0.15) is 0 Å². The van der Waals surface area contributed by atoms with Crippen LogP contribution in [0.15, 0.2) is 35.2 Å². The zero-order valence-electron chi connectivity index (χ0n) is 12.9. The zero-order chi connectivity index (χ0) is 14.9. The van der Waals surface area contributed by atoms with Crippen molar-refractivity contribution in [2.24, 2.45) is 5.41 Å². The van der Waals surface area contributed by atoms with E-state index < -0.39 is 23.1 Å². The minimum atomic E-state index is -3.21. The van der Waals surface area contributed by atoms with Crippen LogP contribution in [0.2, 0.25) is 17.3 Å². The van der Waals surface area contributed by atoms with Crippen LogP contribution in [0.1, 0.15) is 27.2 Å². The SMILES string of the molecule is CC(C)(C)C[CH](S(=O)(=O)c1ccccc1)[Ge]([CH3])([CH3])[CH3]. The molecule has 0 bridgehead atoms. The molecule has 1 atom stereocenters. The zero-order valence-corrected chi connectivity index (χ0v) is 15.8. The molecular weight excluding hydrogens is 317 g/mol. The van der Waals surface area contributed by atoms with Crippen molar-refractivity contribution in [3.8, 4) is 0 Å². The maximum atomic E-state index is 12.9. The van der Waals surface area contributed by atoms with Crippen LogP contribution in [0.5, 0.6) is 0 Å². The Balaban J connectivity index is 3.26. The quantitative estimate of drug-likeness (QED) is 0.770. The fourth-order valence-electron chi connectivity index (χ4n) is 2.21. The average Bonchev–Trinajstić information content (AvgIpc) is 2.24. The molecule has 1 unspecified atom stereocenters. The number of rotatable bonds is 4. The normalized spacial score (nSPS) is 15.3. The first-order valence-electron chi connectivity index (χ1n) is 6.73. The summed E-state index contributed by atoms with van der Waals surface area (Å²) in [7, 11) is -3.21. The van der Waals surface area contributed by atoms with E-state index in [2.05, 4.69) is 38.0 Å². The molecule has 108 valence electrons. The number of hydrogen-bond donors (Lipinski definition) is 0. The summed E-state index contributed by atoms with van der Waals surface area (Å²) in [6.07, 6.45) is 0.744. The molecule has 0 aliphatic heterocycles. The molecule has 0 amide bonds. The standard InChI is InChI=1S/C15H26GeO2S/c1-15(2,3)12-14(16(4,5)6)19(17,18)13-10-8-7-9-11-13/h7-11,14H,12H2,1-6H3. The second-order valence-corrected chi connectivity index (χ2v) is 21.9.